The summed E-state index contributed by atoms with van der Waals surface area (Å²) < 4.78 is 9.67. The Labute approximate surface area is 153 Å². The summed E-state index contributed by atoms with van der Waals surface area (Å²) in [6.45, 7) is 6.29. The molecule has 140 valence electrons. The first kappa shape index (κ1) is 21.1. The van der Waals surface area contributed by atoms with Crippen molar-refractivity contribution in [3.63, 3.8) is 0 Å². The van der Waals surface area contributed by atoms with E-state index in [9.17, 15) is 14.9 Å². The fourth-order valence-electron chi connectivity index (χ4n) is 2.67. The summed E-state index contributed by atoms with van der Waals surface area (Å²) in [5, 5.41) is 14.7. The molecule has 0 saturated carbocycles. The van der Waals surface area contributed by atoms with Crippen LogP contribution in [-0.4, -0.2) is 54.7 Å². The number of nitro benzene ring substituents is 1. The maximum atomic E-state index is 11.3. The van der Waals surface area contributed by atoms with E-state index in [0.717, 1.165) is 18.7 Å². The smallest absolute Gasteiger partial charge is 0.343 e. The molecule has 1 aliphatic heterocycles. The largest absolute Gasteiger partial charge is 0.475 e. The van der Waals surface area contributed by atoms with Crippen LogP contribution in [0.5, 0.6) is 5.75 Å². The molecule has 0 amide bonds. The quantitative estimate of drug-likeness (QED) is 0.461. The van der Waals surface area contributed by atoms with Gasteiger partial charge in [-0.05, 0) is 25.5 Å². The fourth-order valence-corrected chi connectivity index (χ4v) is 2.67. The van der Waals surface area contributed by atoms with Crippen molar-refractivity contribution in [3.8, 4) is 5.75 Å². The van der Waals surface area contributed by atoms with Crippen molar-refractivity contribution in [1.82, 2.24) is 10.2 Å². The summed E-state index contributed by atoms with van der Waals surface area (Å²) >= 11 is 0. The maximum absolute atomic E-state index is 11.3. The topological polar surface area (TPSA) is 93.9 Å². The fraction of sp³-hybridized carbons (Fsp3) is 0.562. The summed E-state index contributed by atoms with van der Waals surface area (Å²) in [7, 11) is 1.23. The molecule has 0 aliphatic carbocycles. The molecule has 2 atom stereocenters. The van der Waals surface area contributed by atoms with Gasteiger partial charge in [-0.25, -0.2) is 4.79 Å². The Hall–Kier alpha value is -1.90. The standard InChI is InChI=1S/C16H23N3O5.ClH/c1-11-8-18(12(2)7-17-11)9-13-4-5-15(14(6-13)19(21)22)24-10-16(20)23-3;/h4-6,11-12,17H,7-10H2,1-3H3;1H. The van der Waals surface area contributed by atoms with Crippen LogP contribution in [0, 0.1) is 10.1 Å². The van der Waals surface area contributed by atoms with Crippen LogP contribution >= 0.6 is 12.4 Å². The van der Waals surface area contributed by atoms with E-state index >= 15 is 0 Å². The van der Waals surface area contributed by atoms with Gasteiger partial charge in [-0.1, -0.05) is 6.07 Å². The molecule has 0 radical (unpaired) electrons. The van der Waals surface area contributed by atoms with Crippen LogP contribution in [0.25, 0.3) is 0 Å². The highest BCUT2D eigenvalue weighted by Gasteiger charge is 2.24. The van der Waals surface area contributed by atoms with Crippen molar-refractivity contribution >= 4 is 24.1 Å². The molecule has 1 heterocycles. The first-order valence-corrected chi connectivity index (χ1v) is 7.85. The van der Waals surface area contributed by atoms with Gasteiger partial charge in [0.05, 0.1) is 12.0 Å². The lowest BCUT2D eigenvalue weighted by atomic mass is 10.1. The minimum atomic E-state index is -0.586. The normalized spacial score (nSPS) is 20.4. The van der Waals surface area contributed by atoms with Crippen LogP contribution in [0.1, 0.15) is 19.4 Å². The minimum absolute atomic E-state index is 0. The monoisotopic (exact) mass is 373 g/mol. The number of carbonyl (C=O) groups is 1. The Morgan fingerprint density at radius 2 is 2.16 bits per heavy atom. The number of hydrogen-bond donors (Lipinski definition) is 1. The van der Waals surface area contributed by atoms with E-state index in [1.165, 1.54) is 19.2 Å². The van der Waals surface area contributed by atoms with E-state index < -0.39 is 10.9 Å². The molecule has 1 aromatic rings. The highest BCUT2D eigenvalue weighted by Crippen LogP contribution is 2.29. The van der Waals surface area contributed by atoms with Gasteiger partial charge in [-0.15, -0.1) is 12.4 Å². The van der Waals surface area contributed by atoms with Crippen LogP contribution in [0.3, 0.4) is 0 Å². The van der Waals surface area contributed by atoms with Crippen molar-refractivity contribution in [2.75, 3.05) is 26.8 Å². The lowest BCUT2D eigenvalue weighted by Crippen LogP contribution is -2.53. The molecule has 1 N–H and O–H groups in total. The molecule has 1 aromatic carbocycles. The highest BCUT2D eigenvalue weighted by molar-refractivity contribution is 5.85. The number of benzene rings is 1. The molecular weight excluding hydrogens is 350 g/mol. The van der Waals surface area contributed by atoms with Crippen LogP contribution in [0.15, 0.2) is 18.2 Å². The maximum Gasteiger partial charge on any atom is 0.343 e. The average molecular weight is 374 g/mol. The van der Waals surface area contributed by atoms with Gasteiger partial charge in [0.25, 0.3) is 0 Å². The molecule has 25 heavy (non-hydrogen) atoms. The summed E-state index contributed by atoms with van der Waals surface area (Å²) in [5.41, 5.74) is 0.695. The number of nitro groups is 1. The number of halogens is 1. The Kier molecular flexibility index (Phi) is 8.08. The van der Waals surface area contributed by atoms with Gasteiger partial charge in [0.2, 0.25) is 0 Å². The second kappa shape index (κ2) is 9.55. The summed E-state index contributed by atoms with van der Waals surface area (Å²) in [4.78, 5) is 24.2. The van der Waals surface area contributed by atoms with Gasteiger partial charge in [0, 0.05) is 37.8 Å². The van der Waals surface area contributed by atoms with Gasteiger partial charge >= 0.3 is 11.7 Å². The molecular formula is C16H24ClN3O5. The Bertz CT molecular complexity index is 613. The van der Waals surface area contributed by atoms with E-state index in [1.54, 1.807) is 6.07 Å². The lowest BCUT2D eigenvalue weighted by molar-refractivity contribution is -0.385. The van der Waals surface area contributed by atoms with E-state index in [4.69, 9.17) is 4.74 Å². The number of piperazine rings is 1. The molecule has 2 unspecified atom stereocenters. The Morgan fingerprint density at radius 3 is 2.80 bits per heavy atom. The molecule has 0 bridgehead atoms. The lowest BCUT2D eigenvalue weighted by Gasteiger charge is -2.37. The minimum Gasteiger partial charge on any atom is -0.475 e. The first-order valence-electron chi connectivity index (χ1n) is 7.85. The van der Waals surface area contributed by atoms with Crippen molar-refractivity contribution < 1.29 is 19.2 Å². The predicted octanol–water partition coefficient (Wildman–Crippen LogP) is 1.75. The molecule has 2 rings (SSSR count). The number of methoxy groups -OCH3 is 1. The number of ether oxygens (including phenoxy) is 2. The van der Waals surface area contributed by atoms with Gasteiger partial charge in [0.1, 0.15) is 0 Å². The number of rotatable bonds is 6. The zero-order chi connectivity index (χ0) is 17.7. The van der Waals surface area contributed by atoms with Crippen molar-refractivity contribution in [3.05, 3.63) is 33.9 Å². The van der Waals surface area contributed by atoms with Gasteiger partial charge in [0.15, 0.2) is 12.4 Å². The number of carbonyl (C=O) groups excluding carboxylic acids is 1. The summed E-state index contributed by atoms with van der Waals surface area (Å²) in [5.74, 6) is -0.520. The number of hydrogen-bond acceptors (Lipinski definition) is 7. The van der Waals surface area contributed by atoms with E-state index in [1.807, 2.05) is 0 Å². The molecule has 0 aromatic heterocycles. The Morgan fingerprint density at radius 1 is 1.44 bits per heavy atom. The molecule has 8 nitrogen and oxygen atoms in total. The van der Waals surface area contributed by atoms with Gasteiger partial charge < -0.3 is 14.8 Å². The average Bonchev–Trinajstić information content (AvgIpc) is 2.56. The zero-order valence-electron chi connectivity index (χ0n) is 14.6. The van der Waals surface area contributed by atoms with E-state index in [2.05, 4.69) is 28.8 Å². The summed E-state index contributed by atoms with van der Waals surface area (Å²) in [6.07, 6.45) is 0. The number of nitrogens with zero attached hydrogens (tertiary/aromatic N) is 2. The summed E-state index contributed by atoms with van der Waals surface area (Å²) in [6, 6.07) is 5.58. The van der Waals surface area contributed by atoms with Crippen molar-refractivity contribution in [2.24, 2.45) is 0 Å². The SMILES string of the molecule is COC(=O)COc1ccc(CN2CC(C)NCC2C)cc1[N+](=O)[O-].Cl. The van der Waals surface area contributed by atoms with Crippen LogP contribution in [0.2, 0.25) is 0 Å². The molecule has 9 heteroatoms. The van der Waals surface area contributed by atoms with E-state index in [-0.39, 0.29) is 30.5 Å². The molecule has 0 spiro atoms. The van der Waals surface area contributed by atoms with Crippen LogP contribution in [0.4, 0.5) is 5.69 Å². The third kappa shape index (κ3) is 5.84. The van der Waals surface area contributed by atoms with Crippen LogP contribution < -0.4 is 10.1 Å². The first-order chi connectivity index (χ1) is 11.4. The molecule has 1 fully saturated rings. The van der Waals surface area contributed by atoms with E-state index in [0.29, 0.717) is 18.6 Å². The second-order valence-corrected chi connectivity index (χ2v) is 6.01. The van der Waals surface area contributed by atoms with Crippen molar-refractivity contribution in [2.45, 2.75) is 32.5 Å². The number of nitrogens with one attached hydrogen (secondary N) is 1. The molecule has 1 saturated heterocycles. The molecule has 1 aliphatic rings. The second-order valence-electron chi connectivity index (χ2n) is 6.01. The van der Waals surface area contributed by atoms with Gasteiger partial charge in [-0.2, -0.15) is 0 Å². The predicted molar refractivity (Wildman–Crippen MR) is 95.2 cm³/mol. The van der Waals surface area contributed by atoms with Gasteiger partial charge in [-0.3, -0.25) is 15.0 Å². The number of esters is 1. The third-order valence-electron chi connectivity index (χ3n) is 4.07. The Balaban J connectivity index is 0.00000312. The van der Waals surface area contributed by atoms with Crippen molar-refractivity contribution in [1.29, 1.82) is 0 Å². The van der Waals surface area contributed by atoms with Crippen LogP contribution in [-0.2, 0) is 16.1 Å². The highest BCUT2D eigenvalue weighted by atomic mass is 35.5. The third-order valence-corrected chi connectivity index (χ3v) is 4.07. The zero-order valence-corrected chi connectivity index (χ0v) is 15.4.